The Hall–Kier alpha value is -2.36. The number of benzene rings is 2. The van der Waals surface area contributed by atoms with E-state index in [1.807, 2.05) is 24.4 Å². The molecule has 3 nitrogen and oxygen atoms in total. The molecule has 4 heteroatoms. The van der Waals surface area contributed by atoms with Gasteiger partial charge >= 0.3 is 0 Å². The van der Waals surface area contributed by atoms with Gasteiger partial charge in [-0.25, -0.2) is 4.39 Å². The molecular weight excluding hydrogens is 253 g/mol. The normalized spacial score (nSPS) is 17.4. The van der Waals surface area contributed by atoms with Crippen molar-refractivity contribution >= 4 is 16.6 Å². The average Bonchev–Trinajstić information content (AvgIpc) is 3.06. The van der Waals surface area contributed by atoms with Gasteiger partial charge in [0.15, 0.2) is 0 Å². The fourth-order valence-electron chi connectivity index (χ4n) is 3.02. The van der Waals surface area contributed by atoms with Crippen molar-refractivity contribution in [2.75, 3.05) is 5.32 Å². The first-order valence-electron chi connectivity index (χ1n) is 6.78. The van der Waals surface area contributed by atoms with E-state index in [9.17, 15) is 4.39 Å². The Morgan fingerprint density at radius 2 is 2.20 bits per heavy atom. The summed E-state index contributed by atoms with van der Waals surface area (Å²) in [6.07, 6.45) is 3.75. The Balaban J connectivity index is 1.70. The monoisotopic (exact) mass is 267 g/mol. The molecular formula is C16H14FN3. The van der Waals surface area contributed by atoms with Crippen LogP contribution in [0.1, 0.15) is 23.6 Å². The number of anilines is 1. The summed E-state index contributed by atoms with van der Waals surface area (Å²) >= 11 is 0. The van der Waals surface area contributed by atoms with Crippen LogP contribution in [0.25, 0.3) is 10.9 Å². The largest absolute Gasteiger partial charge is 0.378 e. The number of hydrogen-bond acceptors (Lipinski definition) is 2. The molecule has 20 heavy (non-hydrogen) atoms. The van der Waals surface area contributed by atoms with Gasteiger partial charge in [0.25, 0.3) is 0 Å². The second-order valence-corrected chi connectivity index (χ2v) is 5.22. The number of H-pyrrole nitrogens is 1. The van der Waals surface area contributed by atoms with E-state index in [1.165, 1.54) is 11.6 Å². The first kappa shape index (κ1) is 11.5. The summed E-state index contributed by atoms with van der Waals surface area (Å²) in [5.41, 5.74) is 4.40. The lowest BCUT2D eigenvalue weighted by molar-refractivity contribution is 0.626. The zero-order chi connectivity index (χ0) is 13.5. The van der Waals surface area contributed by atoms with Crippen molar-refractivity contribution in [2.45, 2.75) is 18.9 Å². The molecule has 4 rings (SSSR count). The predicted octanol–water partition coefficient (Wildman–Crippen LogP) is 3.80. The van der Waals surface area contributed by atoms with Gasteiger partial charge in [0.1, 0.15) is 5.82 Å². The fraction of sp³-hybridized carbons (Fsp3) is 0.188. The quantitative estimate of drug-likeness (QED) is 0.741. The molecule has 1 unspecified atom stereocenters. The van der Waals surface area contributed by atoms with E-state index in [4.69, 9.17) is 0 Å². The molecule has 1 atom stereocenters. The number of rotatable bonds is 2. The highest BCUT2D eigenvalue weighted by Gasteiger charge is 2.23. The third-order valence-electron chi connectivity index (χ3n) is 4.00. The van der Waals surface area contributed by atoms with Gasteiger partial charge in [-0.05, 0) is 48.2 Å². The summed E-state index contributed by atoms with van der Waals surface area (Å²) in [5.74, 6) is -0.152. The van der Waals surface area contributed by atoms with Gasteiger partial charge < -0.3 is 5.32 Å². The minimum absolute atomic E-state index is 0.152. The second-order valence-electron chi connectivity index (χ2n) is 5.22. The summed E-state index contributed by atoms with van der Waals surface area (Å²) in [5, 5.41) is 11.7. The maximum atomic E-state index is 13.2. The molecule has 2 aromatic carbocycles. The van der Waals surface area contributed by atoms with Crippen LogP contribution in [-0.2, 0) is 6.42 Å². The van der Waals surface area contributed by atoms with Gasteiger partial charge in [0.2, 0.25) is 0 Å². The number of halogens is 1. The van der Waals surface area contributed by atoms with Crippen molar-refractivity contribution in [1.82, 2.24) is 10.2 Å². The van der Waals surface area contributed by atoms with E-state index in [1.54, 1.807) is 6.07 Å². The van der Waals surface area contributed by atoms with Crippen LogP contribution in [0, 0.1) is 5.82 Å². The van der Waals surface area contributed by atoms with Crippen molar-refractivity contribution in [2.24, 2.45) is 0 Å². The lowest BCUT2D eigenvalue weighted by Gasteiger charge is -2.16. The molecule has 0 saturated carbocycles. The second kappa shape index (κ2) is 4.34. The lowest BCUT2D eigenvalue weighted by atomic mass is 10.1. The van der Waals surface area contributed by atoms with Crippen LogP contribution in [0.2, 0.25) is 0 Å². The van der Waals surface area contributed by atoms with Crippen LogP contribution in [-0.4, -0.2) is 10.2 Å². The van der Waals surface area contributed by atoms with E-state index in [-0.39, 0.29) is 11.9 Å². The number of aryl methyl sites for hydroxylation is 1. The zero-order valence-electron chi connectivity index (χ0n) is 10.9. The van der Waals surface area contributed by atoms with Crippen molar-refractivity contribution in [3.05, 3.63) is 59.5 Å². The van der Waals surface area contributed by atoms with E-state index in [0.717, 1.165) is 35.0 Å². The molecule has 0 aliphatic heterocycles. The molecule has 0 amide bonds. The molecule has 0 radical (unpaired) electrons. The third kappa shape index (κ3) is 1.76. The summed E-state index contributed by atoms with van der Waals surface area (Å²) in [7, 11) is 0. The van der Waals surface area contributed by atoms with E-state index < -0.39 is 0 Å². The Labute approximate surface area is 115 Å². The summed E-state index contributed by atoms with van der Waals surface area (Å²) in [6, 6.07) is 11.4. The van der Waals surface area contributed by atoms with Gasteiger partial charge in [0.05, 0.1) is 17.8 Å². The molecule has 0 bridgehead atoms. The van der Waals surface area contributed by atoms with Crippen LogP contribution >= 0.6 is 0 Å². The van der Waals surface area contributed by atoms with Crippen molar-refractivity contribution in [1.29, 1.82) is 0 Å². The van der Waals surface area contributed by atoms with Gasteiger partial charge in [-0.2, -0.15) is 5.10 Å². The molecule has 100 valence electrons. The maximum Gasteiger partial charge on any atom is 0.123 e. The van der Waals surface area contributed by atoms with Crippen LogP contribution in [0.3, 0.4) is 0 Å². The number of nitrogens with zero attached hydrogens (tertiary/aromatic N) is 1. The number of aromatic nitrogens is 2. The van der Waals surface area contributed by atoms with Gasteiger partial charge in [-0.15, -0.1) is 0 Å². The highest BCUT2D eigenvalue weighted by atomic mass is 19.1. The molecule has 0 spiro atoms. The smallest absolute Gasteiger partial charge is 0.123 e. The summed E-state index contributed by atoms with van der Waals surface area (Å²) < 4.78 is 13.2. The highest BCUT2D eigenvalue weighted by molar-refractivity contribution is 5.91. The molecule has 3 aromatic rings. The minimum Gasteiger partial charge on any atom is -0.378 e. The Morgan fingerprint density at radius 3 is 3.15 bits per heavy atom. The highest BCUT2D eigenvalue weighted by Crippen LogP contribution is 2.35. The molecule has 1 aromatic heterocycles. The van der Waals surface area contributed by atoms with Crippen LogP contribution in [0.4, 0.5) is 10.1 Å². The SMILES string of the molecule is Fc1ccc2c(c1)CCC2Nc1cccc2[nH]ncc12. The van der Waals surface area contributed by atoms with Gasteiger partial charge in [-0.1, -0.05) is 12.1 Å². The lowest BCUT2D eigenvalue weighted by Crippen LogP contribution is -2.07. The molecule has 2 N–H and O–H groups in total. The molecule has 1 aliphatic carbocycles. The van der Waals surface area contributed by atoms with E-state index >= 15 is 0 Å². The predicted molar refractivity (Wildman–Crippen MR) is 77.2 cm³/mol. The zero-order valence-corrected chi connectivity index (χ0v) is 10.9. The standard InChI is InChI=1S/C16H14FN3/c17-11-5-6-12-10(8-11)4-7-15(12)19-14-2-1-3-16-13(14)9-18-20-16/h1-3,5-6,8-9,15,19H,4,7H2,(H,18,20). The van der Waals surface area contributed by atoms with Crippen LogP contribution < -0.4 is 5.32 Å². The topological polar surface area (TPSA) is 40.7 Å². The minimum atomic E-state index is -0.152. The van der Waals surface area contributed by atoms with Crippen molar-refractivity contribution in [3.63, 3.8) is 0 Å². The molecule has 0 saturated heterocycles. The Kier molecular flexibility index (Phi) is 2.49. The average molecular weight is 267 g/mol. The first-order valence-corrected chi connectivity index (χ1v) is 6.78. The number of aromatic amines is 1. The molecule has 1 heterocycles. The van der Waals surface area contributed by atoms with Gasteiger partial charge in [0, 0.05) is 11.1 Å². The molecule has 1 aliphatic rings. The third-order valence-corrected chi connectivity index (χ3v) is 4.00. The summed E-state index contributed by atoms with van der Waals surface area (Å²) in [4.78, 5) is 0. The number of nitrogens with one attached hydrogen (secondary N) is 2. The molecule has 0 fully saturated rings. The van der Waals surface area contributed by atoms with Crippen LogP contribution in [0.15, 0.2) is 42.6 Å². The van der Waals surface area contributed by atoms with E-state index in [0.29, 0.717) is 0 Å². The Morgan fingerprint density at radius 1 is 1.25 bits per heavy atom. The van der Waals surface area contributed by atoms with Crippen LogP contribution in [0.5, 0.6) is 0 Å². The summed E-state index contributed by atoms with van der Waals surface area (Å²) in [6.45, 7) is 0. The maximum absolute atomic E-state index is 13.2. The van der Waals surface area contributed by atoms with Gasteiger partial charge in [-0.3, -0.25) is 5.10 Å². The van der Waals surface area contributed by atoms with Crippen molar-refractivity contribution in [3.8, 4) is 0 Å². The van der Waals surface area contributed by atoms with Crippen molar-refractivity contribution < 1.29 is 4.39 Å². The Bertz CT molecular complexity index is 778. The number of fused-ring (bicyclic) bond motifs is 2. The number of hydrogen-bond donors (Lipinski definition) is 2. The fourth-order valence-corrected chi connectivity index (χ4v) is 3.02. The first-order chi connectivity index (χ1) is 9.81. The van der Waals surface area contributed by atoms with E-state index in [2.05, 4.69) is 21.6 Å².